The smallest absolute Gasteiger partial charge is 0.224 e. The first-order valence-corrected chi connectivity index (χ1v) is 8.72. The summed E-state index contributed by atoms with van der Waals surface area (Å²) in [5, 5.41) is 3.04. The number of primary amides is 1. The summed E-state index contributed by atoms with van der Waals surface area (Å²) in [6.07, 6.45) is 6.27. The average molecular weight is 310 g/mol. The zero-order valence-corrected chi connectivity index (χ0v) is 14.1. The maximum absolute atomic E-state index is 12.5. The molecule has 0 bridgehead atoms. The van der Waals surface area contributed by atoms with Gasteiger partial charge in [-0.1, -0.05) is 33.6 Å². The van der Waals surface area contributed by atoms with Crippen LogP contribution in [0.3, 0.4) is 0 Å². The Morgan fingerprint density at radius 1 is 1.05 bits per heavy atom. The molecule has 1 saturated carbocycles. The molecule has 2 aliphatic rings. The van der Waals surface area contributed by atoms with Crippen molar-refractivity contribution in [3.05, 3.63) is 0 Å². The Morgan fingerprint density at radius 3 is 2.05 bits per heavy atom. The van der Waals surface area contributed by atoms with E-state index < -0.39 is 0 Å². The Balaban J connectivity index is 1.96. The topological polar surface area (TPSA) is 84.7 Å². The molecule has 2 amide bonds. The maximum Gasteiger partial charge on any atom is 0.224 e. The lowest BCUT2D eigenvalue weighted by atomic mass is 9.78. The number of hydrogen-bond acceptors (Lipinski definition) is 3. The van der Waals surface area contributed by atoms with Gasteiger partial charge in [0.1, 0.15) is 5.60 Å². The zero-order valence-electron chi connectivity index (χ0n) is 14.1. The number of carbonyl (C=O) groups excluding carboxylic acids is 2. The number of nitrogens with two attached hydrogens (primary N) is 1. The zero-order chi connectivity index (χ0) is 16.4. The van der Waals surface area contributed by atoms with E-state index in [0.717, 1.165) is 44.9 Å². The molecule has 0 aromatic carbocycles. The molecule has 2 rings (SSSR count). The molecule has 5 nitrogen and oxygen atoms in total. The van der Waals surface area contributed by atoms with E-state index in [2.05, 4.69) is 26.1 Å². The highest BCUT2D eigenvalue weighted by Gasteiger charge is 2.66. The summed E-state index contributed by atoms with van der Waals surface area (Å²) in [6.45, 7) is 6.90. The van der Waals surface area contributed by atoms with E-state index in [1.165, 1.54) is 0 Å². The van der Waals surface area contributed by atoms with E-state index in [9.17, 15) is 9.59 Å². The SMILES string of the molecule is CCC1(CC)OC1(CC)CNC(=O)C1CCCCC1C(N)=O. The maximum atomic E-state index is 12.5. The number of epoxide rings is 1. The van der Waals surface area contributed by atoms with Crippen LogP contribution in [-0.2, 0) is 14.3 Å². The number of nitrogens with one attached hydrogen (secondary N) is 1. The van der Waals surface area contributed by atoms with Gasteiger partial charge in [0.05, 0.1) is 5.60 Å². The molecule has 1 heterocycles. The second kappa shape index (κ2) is 6.57. The molecule has 1 saturated heterocycles. The molecule has 5 heteroatoms. The third-order valence-electron chi connectivity index (χ3n) is 5.91. The van der Waals surface area contributed by atoms with Crippen LogP contribution in [0, 0.1) is 11.8 Å². The predicted molar refractivity (Wildman–Crippen MR) is 85.1 cm³/mol. The van der Waals surface area contributed by atoms with Crippen LogP contribution in [0.5, 0.6) is 0 Å². The van der Waals surface area contributed by atoms with Gasteiger partial charge in [0.15, 0.2) is 0 Å². The molecule has 126 valence electrons. The summed E-state index contributed by atoms with van der Waals surface area (Å²) in [5.41, 5.74) is 5.13. The first-order valence-electron chi connectivity index (χ1n) is 8.72. The van der Waals surface area contributed by atoms with Crippen molar-refractivity contribution in [1.29, 1.82) is 0 Å². The van der Waals surface area contributed by atoms with Gasteiger partial charge >= 0.3 is 0 Å². The van der Waals surface area contributed by atoms with E-state index in [1.54, 1.807) is 0 Å². The first kappa shape index (κ1) is 17.3. The van der Waals surface area contributed by atoms with Gasteiger partial charge in [-0.25, -0.2) is 0 Å². The number of carbonyl (C=O) groups is 2. The Hall–Kier alpha value is -1.10. The molecule has 0 aromatic heterocycles. The molecular weight excluding hydrogens is 280 g/mol. The van der Waals surface area contributed by atoms with Crippen LogP contribution < -0.4 is 11.1 Å². The van der Waals surface area contributed by atoms with Crippen molar-refractivity contribution < 1.29 is 14.3 Å². The van der Waals surface area contributed by atoms with E-state index in [1.807, 2.05) is 0 Å². The fraction of sp³-hybridized carbons (Fsp3) is 0.882. The summed E-state index contributed by atoms with van der Waals surface area (Å²) in [5.74, 6) is -0.956. The van der Waals surface area contributed by atoms with Crippen LogP contribution in [0.2, 0.25) is 0 Å². The third kappa shape index (κ3) is 2.87. The van der Waals surface area contributed by atoms with Crippen molar-refractivity contribution in [3.8, 4) is 0 Å². The fourth-order valence-electron chi connectivity index (χ4n) is 4.25. The molecule has 3 unspecified atom stereocenters. The summed E-state index contributed by atoms with van der Waals surface area (Å²) in [4.78, 5) is 24.1. The molecule has 3 N–H and O–H groups in total. The van der Waals surface area contributed by atoms with E-state index >= 15 is 0 Å². The normalized spacial score (nSPS) is 33.2. The minimum absolute atomic E-state index is 0.0343. The van der Waals surface area contributed by atoms with Gasteiger partial charge in [0.25, 0.3) is 0 Å². The summed E-state index contributed by atoms with van der Waals surface area (Å²) < 4.78 is 6.05. The van der Waals surface area contributed by atoms with Crippen LogP contribution in [0.15, 0.2) is 0 Å². The number of amides is 2. The second-order valence-corrected chi connectivity index (χ2v) is 6.77. The molecule has 0 aromatic rings. The lowest BCUT2D eigenvalue weighted by Crippen LogP contribution is -2.46. The Morgan fingerprint density at radius 2 is 1.59 bits per heavy atom. The molecular formula is C17H30N2O3. The van der Waals surface area contributed by atoms with Gasteiger partial charge in [0.2, 0.25) is 11.8 Å². The van der Waals surface area contributed by atoms with Gasteiger partial charge in [-0.2, -0.15) is 0 Å². The molecule has 1 aliphatic carbocycles. The Bertz CT molecular complexity index is 434. The van der Waals surface area contributed by atoms with Crippen LogP contribution in [-0.4, -0.2) is 29.6 Å². The van der Waals surface area contributed by atoms with Crippen molar-refractivity contribution in [2.75, 3.05) is 6.54 Å². The van der Waals surface area contributed by atoms with Gasteiger partial charge in [-0.15, -0.1) is 0 Å². The average Bonchev–Trinajstić information content (AvgIpc) is 3.21. The number of hydrogen-bond donors (Lipinski definition) is 2. The Kier molecular flexibility index (Phi) is 5.15. The summed E-state index contributed by atoms with van der Waals surface area (Å²) >= 11 is 0. The molecule has 22 heavy (non-hydrogen) atoms. The first-order chi connectivity index (χ1) is 10.4. The van der Waals surface area contributed by atoms with Crippen molar-refractivity contribution in [2.24, 2.45) is 17.6 Å². The van der Waals surface area contributed by atoms with Gasteiger partial charge in [-0.3, -0.25) is 9.59 Å². The number of rotatable bonds is 7. The third-order valence-corrected chi connectivity index (χ3v) is 5.91. The van der Waals surface area contributed by atoms with Crippen molar-refractivity contribution in [2.45, 2.75) is 76.9 Å². The minimum Gasteiger partial charge on any atom is -0.369 e. The summed E-state index contributed by atoms with van der Waals surface area (Å²) in [7, 11) is 0. The monoisotopic (exact) mass is 310 g/mol. The fourth-order valence-corrected chi connectivity index (χ4v) is 4.25. The second-order valence-electron chi connectivity index (χ2n) is 6.77. The van der Waals surface area contributed by atoms with Gasteiger partial charge in [-0.05, 0) is 32.1 Å². The highest BCUT2D eigenvalue weighted by Crippen LogP contribution is 2.54. The van der Waals surface area contributed by atoms with Crippen LogP contribution >= 0.6 is 0 Å². The van der Waals surface area contributed by atoms with Crippen LogP contribution in [0.25, 0.3) is 0 Å². The minimum atomic E-state index is -0.343. The molecule has 0 radical (unpaired) electrons. The number of ether oxygens (including phenoxy) is 1. The van der Waals surface area contributed by atoms with E-state index in [4.69, 9.17) is 10.5 Å². The molecule has 2 fully saturated rings. The van der Waals surface area contributed by atoms with Crippen molar-refractivity contribution in [1.82, 2.24) is 5.32 Å². The molecule has 1 aliphatic heterocycles. The van der Waals surface area contributed by atoms with E-state index in [0.29, 0.717) is 6.54 Å². The van der Waals surface area contributed by atoms with Gasteiger partial charge in [0, 0.05) is 18.4 Å². The lowest BCUT2D eigenvalue weighted by Gasteiger charge is -2.29. The lowest BCUT2D eigenvalue weighted by molar-refractivity contribution is -0.135. The highest BCUT2D eigenvalue weighted by molar-refractivity contribution is 5.87. The largest absolute Gasteiger partial charge is 0.369 e. The van der Waals surface area contributed by atoms with Crippen LogP contribution in [0.4, 0.5) is 0 Å². The van der Waals surface area contributed by atoms with Crippen LogP contribution in [0.1, 0.15) is 65.7 Å². The summed E-state index contributed by atoms with van der Waals surface area (Å²) in [6, 6.07) is 0. The van der Waals surface area contributed by atoms with Crippen molar-refractivity contribution >= 4 is 11.8 Å². The highest BCUT2D eigenvalue weighted by atomic mass is 16.6. The molecule has 3 atom stereocenters. The Labute approximate surface area is 133 Å². The predicted octanol–water partition coefficient (Wildman–Crippen LogP) is 2.13. The van der Waals surface area contributed by atoms with Gasteiger partial charge < -0.3 is 15.8 Å². The van der Waals surface area contributed by atoms with Crippen molar-refractivity contribution in [3.63, 3.8) is 0 Å². The standard InChI is InChI=1S/C17H30N2O3/c1-4-16(5-2)17(6-3,22-16)11-19-15(21)13-10-8-7-9-12(13)14(18)20/h12-13H,4-11H2,1-3H3,(H2,18,20)(H,19,21). The molecule has 0 spiro atoms. The quantitative estimate of drug-likeness (QED) is 0.706. The van der Waals surface area contributed by atoms with E-state index in [-0.39, 0.29) is 34.9 Å².